The molecule has 0 spiro atoms. The lowest BCUT2D eigenvalue weighted by atomic mass is 10.0. The fourth-order valence-corrected chi connectivity index (χ4v) is 11.5. The molecule has 468 valence electrons. The van der Waals surface area contributed by atoms with Crippen LogP contribution in [0.4, 0.5) is 0 Å². The number of aliphatic hydroxyl groups is 2. The van der Waals surface area contributed by atoms with Gasteiger partial charge in [0.2, 0.25) is 5.91 Å². The van der Waals surface area contributed by atoms with E-state index in [1.54, 1.807) is 6.08 Å². The maximum atomic E-state index is 12.5. The molecule has 1 amide bonds. The minimum Gasteiger partial charge on any atom is -0.466 e. The van der Waals surface area contributed by atoms with E-state index < -0.39 is 12.1 Å². The smallest absolute Gasteiger partial charge is 0.305 e. The Kier molecular flexibility index (Phi) is 67.4. The fraction of sp³-hybridized carbons (Fsp3) is 0.918. The zero-order chi connectivity index (χ0) is 57.1. The molecule has 0 aromatic heterocycles. The number of hydrogen-bond acceptors (Lipinski definition) is 5. The molecule has 0 aliphatic carbocycles. The van der Waals surface area contributed by atoms with E-state index in [2.05, 4.69) is 31.3 Å². The molecule has 0 fully saturated rings. The Morgan fingerprint density at radius 3 is 0.899 bits per heavy atom. The van der Waals surface area contributed by atoms with Gasteiger partial charge in [-0.3, -0.25) is 9.59 Å². The molecule has 0 bridgehead atoms. The van der Waals surface area contributed by atoms with E-state index in [4.69, 9.17) is 4.74 Å². The molecule has 2 atom stereocenters. The second-order valence-corrected chi connectivity index (χ2v) is 24.9. The Hall–Kier alpha value is -1.66. The third-order valence-corrected chi connectivity index (χ3v) is 17.0. The monoisotopic (exact) mass is 1110 g/mol. The first-order chi connectivity index (χ1) is 39.0. The zero-order valence-electron chi connectivity index (χ0n) is 53.6. The Balaban J connectivity index is 3.36. The van der Waals surface area contributed by atoms with Crippen molar-refractivity contribution in [1.29, 1.82) is 0 Å². The molecule has 79 heavy (non-hydrogen) atoms. The van der Waals surface area contributed by atoms with Crippen molar-refractivity contribution in [2.24, 2.45) is 0 Å². The van der Waals surface area contributed by atoms with Crippen LogP contribution in [-0.2, 0) is 14.3 Å². The second kappa shape index (κ2) is 68.8. The van der Waals surface area contributed by atoms with Crippen molar-refractivity contribution in [2.75, 3.05) is 13.2 Å². The molecule has 0 aromatic carbocycles. The highest BCUT2D eigenvalue weighted by Gasteiger charge is 2.18. The summed E-state index contributed by atoms with van der Waals surface area (Å²) >= 11 is 0. The summed E-state index contributed by atoms with van der Waals surface area (Å²) < 4.78 is 5.50. The predicted molar refractivity (Wildman–Crippen MR) is 347 cm³/mol. The summed E-state index contributed by atoms with van der Waals surface area (Å²) in [7, 11) is 0. The van der Waals surface area contributed by atoms with Gasteiger partial charge in [-0.15, -0.1) is 0 Å². The number of esters is 1. The Labute approximate surface area is 494 Å². The van der Waals surface area contributed by atoms with Crippen molar-refractivity contribution in [1.82, 2.24) is 5.32 Å². The summed E-state index contributed by atoms with van der Waals surface area (Å²) in [5.74, 6) is -0.0425. The number of aliphatic hydroxyl groups excluding tert-OH is 2. The number of carbonyl (C=O) groups excluding carboxylic acids is 2. The highest BCUT2D eigenvalue weighted by Crippen LogP contribution is 2.19. The Morgan fingerprint density at radius 1 is 0.342 bits per heavy atom. The number of nitrogens with one attached hydrogen (secondary N) is 1. The van der Waals surface area contributed by atoms with Gasteiger partial charge in [-0.05, 0) is 57.8 Å². The maximum absolute atomic E-state index is 12.5. The van der Waals surface area contributed by atoms with E-state index in [0.717, 1.165) is 38.5 Å². The SMILES string of the molecule is CCCCCCCCCCCCCCCC/C=C/C(O)C(CO)NC(=O)CCCCCCCCCCCCCCCC/C=C\CCCCCCCCCCCCCCOC(=O)CCCCCCCCCCCCCCCCCC. The van der Waals surface area contributed by atoms with Crippen LogP contribution < -0.4 is 5.32 Å². The van der Waals surface area contributed by atoms with Crippen LogP contribution in [0.2, 0.25) is 0 Å². The first kappa shape index (κ1) is 77.3. The quantitative estimate of drug-likeness (QED) is 0.0320. The van der Waals surface area contributed by atoms with Crippen LogP contribution >= 0.6 is 0 Å². The summed E-state index contributed by atoms with van der Waals surface area (Å²) in [5, 5.41) is 23.2. The molecule has 0 rings (SSSR count). The molecule has 0 saturated heterocycles. The van der Waals surface area contributed by atoms with Crippen molar-refractivity contribution in [3.8, 4) is 0 Å². The van der Waals surface area contributed by atoms with Crippen molar-refractivity contribution in [3.05, 3.63) is 24.3 Å². The molecule has 0 aromatic rings. The normalized spacial score (nSPS) is 12.6. The molecular formula is C73H141NO5. The first-order valence-electron chi connectivity index (χ1n) is 36.1. The van der Waals surface area contributed by atoms with E-state index in [-0.39, 0.29) is 18.5 Å². The van der Waals surface area contributed by atoms with Gasteiger partial charge in [-0.2, -0.15) is 0 Å². The summed E-state index contributed by atoms with van der Waals surface area (Å²) in [4.78, 5) is 24.6. The van der Waals surface area contributed by atoms with Gasteiger partial charge >= 0.3 is 5.97 Å². The third kappa shape index (κ3) is 65.4. The lowest BCUT2D eigenvalue weighted by molar-refractivity contribution is -0.143. The zero-order valence-corrected chi connectivity index (χ0v) is 53.6. The van der Waals surface area contributed by atoms with Crippen LogP contribution in [-0.4, -0.2) is 47.4 Å². The lowest BCUT2D eigenvalue weighted by Crippen LogP contribution is -2.45. The summed E-state index contributed by atoms with van der Waals surface area (Å²) in [6, 6.07) is -0.626. The standard InChI is InChI=1S/C73H141NO5/c1-3-5-7-9-11-13-15-17-19-37-41-45-49-53-57-61-65-71(76)70(69-75)74-72(77)66-62-58-54-50-46-42-38-35-33-31-29-27-25-23-21-22-24-26-28-30-32-34-36-40-44-48-52-56-60-64-68-79-73(78)67-63-59-55-51-47-43-39-20-18-16-14-12-10-8-6-4-2/h22,24,61,65,70-71,75-76H,3-21,23,25-60,62-64,66-69H2,1-2H3,(H,74,77)/b24-22-,65-61+. The molecule has 6 nitrogen and oxygen atoms in total. The average molecular weight is 1110 g/mol. The molecule has 0 saturated carbocycles. The maximum Gasteiger partial charge on any atom is 0.305 e. The third-order valence-electron chi connectivity index (χ3n) is 17.0. The van der Waals surface area contributed by atoms with E-state index in [1.165, 1.54) is 340 Å². The first-order valence-corrected chi connectivity index (χ1v) is 36.1. The van der Waals surface area contributed by atoms with Gasteiger partial charge in [0.05, 0.1) is 25.4 Å². The van der Waals surface area contributed by atoms with Crippen LogP contribution in [0.25, 0.3) is 0 Å². The number of carbonyl (C=O) groups is 2. The number of ether oxygens (including phenoxy) is 1. The number of allylic oxidation sites excluding steroid dienone is 3. The Bertz CT molecular complexity index is 1230. The average Bonchev–Trinajstić information content (AvgIpc) is 3.45. The highest BCUT2D eigenvalue weighted by molar-refractivity contribution is 5.76. The highest BCUT2D eigenvalue weighted by atomic mass is 16.5. The largest absolute Gasteiger partial charge is 0.466 e. The van der Waals surface area contributed by atoms with E-state index in [1.807, 2.05) is 6.08 Å². The lowest BCUT2D eigenvalue weighted by Gasteiger charge is -2.20. The number of hydrogen-bond donors (Lipinski definition) is 3. The molecule has 3 N–H and O–H groups in total. The molecule has 2 unspecified atom stereocenters. The number of rotatable bonds is 68. The summed E-state index contributed by atoms with van der Waals surface area (Å²) in [6.45, 7) is 4.95. The van der Waals surface area contributed by atoms with Gasteiger partial charge in [0.1, 0.15) is 0 Å². The van der Waals surface area contributed by atoms with Crippen molar-refractivity contribution in [3.63, 3.8) is 0 Å². The van der Waals surface area contributed by atoms with Crippen LogP contribution in [0.5, 0.6) is 0 Å². The van der Waals surface area contributed by atoms with Gasteiger partial charge in [0.25, 0.3) is 0 Å². The van der Waals surface area contributed by atoms with Crippen LogP contribution in [0, 0.1) is 0 Å². The van der Waals surface area contributed by atoms with E-state index in [9.17, 15) is 19.8 Å². The van der Waals surface area contributed by atoms with Gasteiger partial charge in [-0.1, -0.05) is 359 Å². The van der Waals surface area contributed by atoms with Gasteiger partial charge in [0.15, 0.2) is 0 Å². The molecule has 0 aliphatic heterocycles. The van der Waals surface area contributed by atoms with Crippen LogP contribution in [0.1, 0.15) is 406 Å². The summed E-state index contributed by atoms with van der Waals surface area (Å²) in [6.07, 6.45) is 86.9. The molecule has 0 aliphatic rings. The minimum atomic E-state index is -0.843. The number of unbranched alkanes of at least 4 members (excludes halogenated alkanes) is 55. The van der Waals surface area contributed by atoms with Gasteiger partial charge in [-0.25, -0.2) is 0 Å². The van der Waals surface area contributed by atoms with Crippen molar-refractivity contribution in [2.45, 2.75) is 418 Å². The number of amides is 1. The molecule has 0 radical (unpaired) electrons. The van der Waals surface area contributed by atoms with Crippen molar-refractivity contribution >= 4 is 11.9 Å². The van der Waals surface area contributed by atoms with Gasteiger partial charge < -0.3 is 20.3 Å². The summed E-state index contributed by atoms with van der Waals surface area (Å²) in [5.41, 5.74) is 0. The van der Waals surface area contributed by atoms with E-state index in [0.29, 0.717) is 19.4 Å². The molecule has 0 heterocycles. The van der Waals surface area contributed by atoms with Gasteiger partial charge in [0, 0.05) is 12.8 Å². The van der Waals surface area contributed by atoms with E-state index >= 15 is 0 Å². The topological polar surface area (TPSA) is 95.9 Å². The van der Waals surface area contributed by atoms with Crippen LogP contribution in [0.3, 0.4) is 0 Å². The van der Waals surface area contributed by atoms with Crippen LogP contribution in [0.15, 0.2) is 24.3 Å². The fourth-order valence-electron chi connectivity index (χ4n) is 11.5. The predicted octanol–water partition coefficient (Wildman–Crippen LogP) is 23.3. The molecule has 6 heteroatoms. The second-order valence-electron chi connectivity index (χ2n) is 24.9. The minimum absolute atomic E-state index is 0.0210. The molecular weight excluding hydrogens is 971 g/mol. The van der Waals surface area contributed by atoms with Crippen molar-refractivity contribution < 1.29 is 24.5 Å². The Morgan fingerprint density at radius 2 is 0.595 bits per heavy atom.